The molecule has 3 nitrogen and oxygen atoms in total. The van der Waals surface area contributed by atoms with Crippen LogP contribution in [-0.4, -0.2) is 16.1 Å². The number of rotatable bonds is 3. The maximum atomic E-state index is 10.3. The molecule has 1 N–H and O–H groups in total. The lowest BCUT2D eigenvalue weighted by atomic mass is 10.1. The van der Waals surface area contributed by atoms with Crippen LogP contribution >= 0.6 is 0 Å². The van der Waals surface area contributed by atoms with Crippen LogP contribution in [0.5, 0.6) is 0 Å². The fraction of sp³-hybridized carbons (Fsp3) is 0.333. The molecular formula is C9H11NO2. The zero-order chi connectivity index (χ0) is 8.97. The first-order chi connectivity index (χ1) is 5.70. The van der Waals surface area contributed by atoms with E-state index in [4.69, 9.17) is 5.11 Å². The summed E-state index contributed by atoms with van der Waals surface area (Å²) in [6, 6.07) is 1.86. The highest BCUT2D eigenvalue weighted by Crippen LogP contribution is 2.07. The molecule has 1 aromatic rings. The molecule has 0 saturated heterocycles. The topological polar surface area (TPSA) is 50.2 Å². The molecule has 0 spiro atoms. The van der Waals surface area contributed by atoms with Gasteiger partial charge in [-0.1, -0.05) is 0 Å². The van der Waals surface area contributed by atoms with Gasteiger partial charge >= 0.3 is 5.97 Å². The molecule has 1 rings (SSSR count). The van der Waals surface area contributed by atoms with Gasteiger partial charge in [-0.25, -0.2) is 0 Å². The van der Waals surface area contributed by atoms with Crippen LogP contribution in [0.15, 0.2) is 18.5 Å². The largest absolute Gasteiger partial charge is 0.481 e. The highest BCUT2D eigenvalue weighted by molar-refractivity contribution is 5.67. The van der Waals surface area contributed by atoms with Gasteiger partial charge in [0.2, 0.25) is 0 Å². The minimum Gasteiger partial charge on any atom is -0.481 e. The molecule has 3 heteroatoms. The summed E-state index contributed by atoms with van der Waals surface area (Å²) in [4.78, 5) is 14.2. The van der Waals surface area contributed by atoms with E-state index in [0.717, 1.165) is 11.1 Å². The monoisotopic (exact) mass is 165 g/mol. The van der Waals surface area contributed by atoms with E-state index in [-0.39, 0.29) is 6.42 Å². The first-order valence-corrected chi connectivity index (χ1v) is 3.81. The third-order valence-electron chi connectivity index (χ3n) is 1.74. The van der Waals surface area contributed by atoms with Crippen LogP contribution in [0.25, 0.3) is 0 Å². The van der Waals surface area contributed by atoms with E-state index in [2.05, 4.69) is 4.98 Å². The van der Waals surface area contributed by atoms with E-state index in [0.29, 0.717) is 6.42 Å². The Hall–Kier alpha value is -1.38. The standard InChI is InChI=1S/C9H11NO2/c1-7-6-10-5-4-8(7)2-3-9(11)12/h4-6H,2-3H2,1H3,(H,11,12). The van der Waals surface area contributed by atoms with Crippen molar-refractivity contribution in [1.82, 2.24) is 4.98 Å². The molecule has 1 aromatic heterocycles. The van der Waals surface area contributed by atoms with Gasteiger partial charge in [-0.05, 0) is 30.5 Å². The van der Waals surface area contributed by atoms with E-state index in [9.17, 15) is 4.79 Å². The number of hydrogen-bond acceptors (Lipinski definition) is 2. The fourth-order valence-electron chi connectivity index (χ4n) is 1.02. The first kappa shape index (κ1) is 8.71. The van der Waals surface area contributed by atoms with Crippen molar-refractivity contribution >= 4 is 5.97 Å². The summed E-state index contributed by atoms with van der Waals surface area (Å²) in [5, 5.41) is 8.45. The summed E-state index contributed by atoms with van der Waals surface area (Å²) in [7, 11) is 0. The van der Waals surface area contributed by atoms with Crippen molar-refractivity contribution in [2.24, 2.45) is 0 Å². The number of hydrogen-bond donors (Lipinski definition) is 1. The molecule has 0 aromatic carbocycles. The summed E-state index contributed by atoms with van der Waals surface area (Å²) < 4.78 is 0. The van der Waals surface area contributed by atoms with Crippen molar-refractivity contribution in [2.45, 2.75) is 19.8 Å². The number of carbonyl (C=O) groups is 1. The number of pyridine rings is 1. The third kappa shape index (κ3) is 2.34. The van der Waals surface area contributed by atoms with E-state index < -0.39 is 5.97 Å². The van der Waals surface area contributed by atoms with Crippen LogP contribution in [0.3, 0.4) is 0 Å². The second-order valence-corrected chi connectivity index (χ2v) is 2.70. The van der Waals surface area contributed by atoms with Crippen LogP contribution < -0.4 is 0 Å². The molecule has 0 radical (unpaired) electrons. The Balaban J connectivity index is 2.63. The zero-order valence-electron chi connectivity index (χ0n) is 6.95. The number of aliphatic carboxylic acids is 1. The van der Waals surface area contributed by atoms with Crippen molar-refractivity contribution < 1.29 is 9.90 Å². The van der Waals surface area contributed by atoms with Crippen molar-refractivity contribution in [2.75, 3.05) is 0 Å². The van der Waals surface area contributed by atoms with Crippen LogP contribution in [0.1, 0.15) is 17.5 Å². The lowest BCUT2D eigenvalue weighted by molar-refractivity contribution is -0.136. The van der Waals surface area contributed by atoms with Crippen molar-refractivity contribution in [3.63, 3.8) is 0 Å². The van der Waals surface area contributed by atoms with Gasteiger partial charge in [0.15, 0.2) is 0 Å². The van der Waals surface area contributed by atoms with Gasteiger partial charge in [0.05, 0.1) is 0 Å². The third-order valence-corrected chi connectivity index (χ3v) is 1.74. The summed E-state index contributed by atoms with van der Waals surface area (Å²) in [5.41, 5.74) is 2.12. The van der Waals surface area contributed by atoms with Gasteiger partial charge in [-0.2, -0.15) is 0 Å². The molecule has 0 atom stereocenters. The van der Waals surface area contributed by atoms with Gasteiger partial charge in [0, 0.05) is 18.8 Å². The second kappa shape index (κ2) is 3.85. The molecule has 0 unspecified atom stereocenters. The van der Waals surface area contributed by atoms with Crippen LogP contribution in [0.2, 0.25) is 0 Å². The number of aryl methyl sites for hydroxylation is 2. The van der Waals surface area contributed by atoms with Gasteiger partial charge in [0.1, 0.15) is 0 Å². The van der Waals surface area contributed by atoms with E-state index >= 15 is 0 Å². The molecule has 0 bridgehead atoms. The zero-order valence-corrected chi connectivity index (χ0v) is 6.95. The minimum absolute atomic E-state index is 0.185. The molecule has 0 saturated carbocycles. The van der Waals surface area contributed by atoms with Crippen molar-refractivity contribution in [1.29, 1.82) is 0 Å². The average molecular weight is 165 g/mol. The Morgan fingerprint density at radius 3 is 3.00 bits per heavy atom. The quantitative estimate of drug-likeness (QED) is 0.736. The van der Waals surface area contributed by atoms with Gasteiger partial charge in [0.25, 0.3) is 0 Å². The summed E-state index contributed by atoms with van der Waals surface area (Å²) in [6.07, 6.45) is 4.20. The molecule has 1 heterocycles. The van der Waals surface area contributed by atoms with Gasteiger partial charge in [-0.15, -0.1) is 0 Å². The molecule has 0 amide bonds. The number of carboxylic acid groups (broad SMARTS) is 1. The highest BCUT2D eigenvalue weighted by atomic mass is 16.4. The minimum atomic E-state index is -0.758. The molecule has 0 aliphatic carbocycles. The van der Waals surface area contributed by atoms with E-state index in [1.165, 1.54) is 0 Å². The Bertz CT molecular complexity index is 284. The second-order valence-electron chi connectivity index (χ2n) is 2.70. The Morgan fingerprint density at radius 1 is 1.67 bits per heavy atom. The number of aromatic nitrogens is 1. The fourth-order valence-corrected chi connectivity index (χ4v) is 1.02. The smallest absolute Gasteiger partial charge is 0.303 e. The van der Waals surface area contributed by atoms with E-state index in [1.54, 1.807) is 12.4 Å². The predicted molar refractivity (Wildman–Crippen MR) is 44.9 cm³/mol. The maximum Gasteiger partial charge on any atom is 0.303 e. The molecule has 0 aliphatic rings. The summed E-state index contributed by atoms with van der Waals surface area (Å²) in [5.74, 6) is -0.758. The Kier molecular flexibility index (Phi) is 2.80. The molecule has 0 aliphatic heterocycles. The Labute approximate surface area is 71.1 Å². The SMILES string of the molecule is Cc1cnccc1CCC(=O)O. The number of nitrogens with zero attached hydrogens (tertiary/aromatic N) is 1. The van der Waals surface area contributed by atoms with Gasteiger partial charge in [-0.3, -0.25) is 9.78 Å². The van der Waals surface area contributed by atoms with E-state index in [1.807, 2.05) is 13.0 Å². The highest BCUT2D eigenvalue weighted by Gasteiger charge is 2.00. The molecule has 12 heavy (non-hydrogen) atoms. The van der Waals surface area contributed by atoms with Crippen molar-refractivity contribution in [3.8, 4) is 0 Å². The normalized spacial score (nSPS) is 9.75. The number of carboxylic acids is 1. The Morgan fingerprint density at radius 2 is 2.42 bits per heavy atom. The lowest BCUT2D eigenvalue weighted by Crippen LogP contribution is -1.98. The molecular weight excluding hydrogens is 154 g/mol. The predicted octanol–water partition coefficient (Wildman–Crippen LogP) is 1.41. The molecule has 64 valence electrons. The maximum absolute atomic E-state index is 10.3. The lowest BCUT2D eigenvalue weighted by Gasteiger charge is -2.01. The average Bonchev–Trinajstić information content (AvgIpc) is 2.03. The van der Waals surface area contributed by atoms with Crippen LogP contribution in [-0.2, 0) is 11.2 Å². The molecule has 0 fully saturated rings. The van der Waals surface area contributed by atoms with Crippen LogP contribution in [0.4, 0.5) is 0 Å². The first-order valence-electron chi connectivity index (χ1n) is 3.81. The summed E-state index contributed by atoms with van der Waals surface area (Å²) in [6.45, 7) is 1.93. The van der Waals surface area contributed by atoms with Gasteiger partial charge < -0.3 is 5.11 Å². The van der Waals surface area contributed by atoms with Crippen LogP contribution in [0, 0.1) is 6.92 Å². The summed E-state index contributed by atoms with van der Waals surface area (Å²) >= 11 is 0. The van der Waals surface area contributed by atoms with Crippen molar-refractivity contribution in [3.05, 3.63) is 29.6 Å².